The second kappa shape index (κ2) is 7.93. The van der Waals surface area contributed by atoms with Gasteiger partial charge in [-0.25, -0.2) is 4.39 Å². The molecule has 0 spiro atoms. The molecule has 2 aromatic carbocycles. The maximum absolute atomic E-state index is 13.7. The number of amides is 1. The molecule has 3 aromatic rings. The monoisotopic (exact) mass is 421 g/mol. The van der Waals surface area contributed by atoms with Gasteiger partial charge in [-0.3, -0.25) is 9.69 Å². The van der Waals surface area contributed by atoms with Crippen LogP contribution in [-0.4, -0.2) is 41.2 Å². The molecular formula is C24H24FN3OS. The molecule has 1 aromatic heterocycles. The second-order valence-electron chi connectivity index (χ2n) is 8.07. The first-order chi connectivity index (χ1) is 14.6. The minimum absolute atomic E-state index is 0.0389. The number of thioether (sulfide) groups is 1. The number of rotatable bonds is 4. The molecule has 3 heterocycles. The number of aromatic nitrogens is 1. The number of hydrogen-bond donors (Lipinski definition) is 2. The lowest BCUT2D eigenvalue weighted by Gasteiger charge is -2.29. The van der Waals surface area contributed by atoms with Gasteiger partial charge in [0.25, 0.3) is 0 Å². The van der Waals surface area contributed by atoms with Gasteiger partial charge in [0, 0.05) is 71.5 Å². The number of hydrogen-bond acceptors (Lipinski definition) is 3. The van der Waals surface area contributed by atoms with Crippen LogP contribution < -0.4 is 5.32 Å². The zero-order valence-electron chi connectivity index (χ0n) is 16.9. The van der Waals surface area contributed by atoms with E-state index in [1.54, 1.807) is 19.1 Å². The summed E-state index contributed by atoms with van der Waals surface area (Å²) < 4.78 is 13.7. The maximum Gasteiger partial charge on any atom is 0.221 e. The second-order valence-corrected chi connectivity index (χ2v) is 9.13. The fraction of sp³-hybridized carbons (Fsp3) is 0.292. The average molecular weight is 422 g/mol. The lowest BCUT2D eigenvalue weighted by molar-refractivity contribution is -0.114. The molecule has 0 bridgehead atoms. The van der Waals surface area contributed by atoms with Crippen molar-refractivity contribution in [3.05, 3.63) is 65.6 Å². The van der Waals surface area contributed by atoms with Gasteiger partial charge < -0.3 is 10.3 Å². The summed E-state index contributed by atoms with van der Waals surface area (Å²) in [6.45, 7) is 4.45. The Labute approximate surface area is 179 Å². The van der Waals surface area contributed by atoms with Gasteiger partial charge >= 0.3 is 0 Å². The van der Waals surface area contributed by atoms with Gasteiger partial charge in [-0.2, -0.15) is 0 Å². The molecule has 6 heteroatoms. The normalized spacial score (nSPS) is 19.0. The van der Waals surface area contributed by atoms with E-state index >= 15 is 0 Å². The molecule has 2 N–H and O–H groups in total. The molecular weight excluding hydrogens is 397 g/mol. The SMILES string of the molecule is CC(=O)Nc1ccc2c(c1)C(CN1CC=C(c3c[nH]c4ccc(F)cc34)CC1)CS2. The number of carbonyl (C=O) groups is 1. The Balaban J connectivity index is 1.29. The first-order valence-corrected chi connectivity index (χ1v) is 11.3. The summed E-state index contributed by atoms with van der Waals surface area (Å²) in [6.07, 6.45) is 5.24. The van der Waals surface area contributed by atoms with Gasteiger partial charge in [0.2, 0.25) is 5.91 Å². The largest absolute Gasteiger partial charge is 0.361 e. The van der Waals surface area contributed by atoms with Crippen LogP contribution in [0, 0.1) is 5.82 Å². The van der Waals surface area contributed by atoms with Crippen LogP contribution >= 0.6 is 11.8 Å². The van der Waals surface area contributed by atoms with Crippen molar-refractivity contribution in [3.63, 3.8) is 0 Å². The molecule has 1 unspecified atom stereocenters. The Morgan fingerprint density at radius 3 is 3.00 bits per heavy atom. The fourth-order valence-corrected chi connectivity index (χ4v) is 5.73. The van der Waals surface area contributed by atoms with Crippen LogP contribution in [0.25, 0.3) is 16.5 Å². The molecule has 0 fully saturated rings. The fourth-order valence-electron chi connectivity index (χ4n) is 4.50. The van der Waals surface area contributed by atoms with Crippen molar-refractivity contribution in [1.82, 2.24) is 9.88 Å². The van der Waals surface area contributed by atoms with Crippen LogP contribution in [0.4, 0.5) is 10.1 Å². The van der Waals surface area contributed by atoms with E-state index < -0.39 is 0 Å². The summed E-state index contributed by atoms with van der Waals surface area (Å²) in [6, 6.07) is 11.1. The molecule has 0 saturated heterocycles. The van der Waals surface area contributed by atoms with E-state index in [4.69, 9.17) is 0 Å². The number of nitrogens with one attached hydrogen (secondary N) is 2. The van der Waals surface area contributed by atoms with Crippen molar-refractivity contribution in [2.24, 2.45) is 0 Å². The number of H-pyrrole nitrogens is 1. The van der Waals surface area contributed by atoms with Crippen LogP contribution in [0.1, 0.15) is 30.4 Å². The molecule has 0 saturated carbocycles. The van der Waals surface area contributed by atoms with Crippen molar-refractivity contribution in [3.8, 4) is 0 Å². The van der Waals surface area contributed by atoms with Crippen LogP contribution in [-0.2, 0) is 4.79 Å². The summed E-state index contributed by atoms with van der Waals surface area (Å²) in [4.78, 5) is 18.5. The summed E-state index contributed by atoms with van der Waals surface area (Å²) in [5.41, 5.74) is 5.60. The Hall–Kier alpha value is -2.57. The minimum Gasteiger partial charge on any atom is -0.361 e. The van der Waals surface area contributed by atoms with Gasteiger partial charge in [-0.1, -0.05) is 6.08 Å². The van der Waals surface area contributed by atoms with E-state index in [0.29, 0.717) is 5.92 Å². The summed E-state index contributed by atoms with van der Waals surface area (Å²) in [7, 11) is 0. The number of aromatic amines is 1. The highest BCUT2D eigenvalue weighted by Crippen LogP contribution is 2.41. The Morgan fingerprint density at radius 2 is 2.20 bits per heavy atom. The van der Waals surface area contributed by atoms with Crippen molar-refractivity contribution in [1.29, 1.82) is 0 Å². The maximum atomic E-state index is 13.7. The molecule has 4 nitrogen and oxygen atoms in total. The first kappa shape index (κ1) is 19.4. The zero-order valence-corrected chi connectivity index (χ0v) is 17.7. The van der Waals surface area contributed by atoms with Gasteiger partial charge in [-0.05, 0) is 54.0 Å². The molecule has 154 valence electrons. The van der Waals surface area contributed by atoms with Crippen LogP contribution in [0.15, 0.2) is 53.6 Å². The van der Waals surface area contributed by atoms with E-state index in [0.717, 1.165) is 54.0 Å². The number of anilines is 1. The molecule has 2 aliphatic heterocycles. The van der Waals surface area contributed by atoms with E-state index in [-0.39, 0.29) is 11.7 Å². The number of nitrogens with zero attached hydrogens (tertiary/aromatic N) is 1. The standard InChI is InChI=1S/C24H24FN3OS/c1-15(29)27-19-3-5-24-20(11-19)17(14-30-24)13-28-8-6-16(7-9-28)22-12-26-23-4-2-18(25)10-21(22)23/h2-6,10-12,17,26H,7-9,13-14H2,1H3,(H,27,29). The minimum atomic E-state index is -0.197. The zero-order chi connectivity index (χ0) is 20.7. The topological polar surface area (TPSA) is 48.1 Å². The predicted molar refractivity (Wildman–Crippen MR) is 122 cm³/mol. The van der Waals surface area contributed by atoms with Crippen molar-refractivity contribution >= 4 is 39.8 Å². The summed E-state index contributed by atoms with van der Waals surface area (Å²) >= 11 is 1.90. The molecule has 30 heavy (non-hydrogen) atoms. The highest BCUT2D eigenvalue weighted by Gasteiger charge is 2.26. The van der Waals surface area contributed by atoms with E-state index in [2.05, 4.69) is 33.4 Å². The first-order valence-electron chi connectivity index (χ1n) is 10.3. The highest BCUT2D eigenvalue weighted by molar-refractivity contribution is 7.99. The average Bonchev–Trinajstić information content (AvgIpc) is 3.32. The lowest BCUT2D eigenvalue weighted by atomic mass is 9.96. The van der Waals surface area contributed by atoms with Crippen molar-refractivity contribution in [2.45, 2.75) is 24.2 Å². The van der Waals surface area contributed by atoms with Gasteiger partial charge in [-0.15, -0.1) is 11.8 Å². The quantitative estimate of drug-likeness (QED) is 0.605. The number of carbonyl (C=O) groups excluding carboxylic acids is 1. The third-order valence-electron chi connectivity index (χ3n) is 5.97. The lowest BCUT2D eigenvalue weighted by Crippen LogP contribution is -2.32. The summed E-state index contributed by atoms with van der Waals surface area (Å²) in [5, 5.41) is 3.86. The predicted octanol–water partition coefficient (Wildman–Crippen LogP) is 5.24. The molecule has 0 aliphatic carbocycles. The Bertz CT molecular complexity index is 1150. The molecule has 2 aliphatic rings. The van der Waals surface area contributed by atoms with Crippen LogP contribution in [0.5, 0.6) is 0 Å². The smallest absolute Gasteiger partial charge is 0.221 e. The molecule has 1 amide bonds. The number of halogens is 1. The third kappa shape index (κ3) is 3.77. The van der Waals surface area contributed by atoms with Crippen LogP contribution in [0.2, 0.25) is 0 Å². The number of benzene rings is 2. The third-order valence-corrected chi connectivity index (χ3v) is 7.22. The molecule has 5 rings (SSSR count). The molecule has 0 radical (unpaired) electrons. The van der Waals surface area contributed by atoms with Gasteiger partial charge in [0.05, 0.1) is 0 Å². The Morgan fingerprint density at radius 1 is 1.30 bits per heavy atom. The van der Waals surface area contributed by atoms with Gasteiger partial charge in [0.1, 0.15) is 5.82 Å². The number of fused-ring (bicyclic) bond motifs is 2. The summed E-state index contributed by atoms with van der Waals surface area (Å²) in [5.74, 6) is 1.31. The van der Waals surface area contributed by atoms with Gasteiger partial charge in [0.15, 0.2) is 0 Å². The van der Waals surface area contributed by atoms with E-state index in [9.17, 15) is 9.18 Å². The van der Waals surface area contributed by atoms with Crippen molar-refractivity contribution < 1.29 is 9.18 Å². The van der Waals surface area contributed by atoms with E-state index in [1.165, 1.54) is 22.1 Å². The Kier molecular flexibility index (Phi) is 5.13. The molecule has 1 atom stereocenters. The van der Waals surface area contributed by atoms with Crippen LogP contribution in [0.3, 0.4) is 0 Å². The van der Waals surface area contributed by atoms with Crippen molar-refractivity contribution in [2.75, 3.05) is 30.7 Å². The van der Waals surface area contributed by atoms with E-state index in [1.807, 2.05) is 24.0 Å². The highest BCUT2D eigenvalue weighted by atomic mass is 32.2.